The molecule has 6 heteroatoms. The van der Waals surface area contributed by atoms with E-state index in [9.17, 15) is 0 Å². The molecule has 1 heterocycles. The maximum atomic E-state index is 6.19. The molecule has 0 radical (unpaired) electrons. The van der Waals surface area contributed by atoms with Gasteiger partial charge in [-0.25, -0.2) is 4.68 Å². The number of halogens is 2. The lowest BCUT2D eigenvalue weighted by Gasteiger charge is -2.12. The summed E-state index contributed by atoms with van der Waals surface area (Å²) in [5.74, 6) is 1.32. The van der Waals surface area contributed by atoms with E-state index in [1.165, 1.54) is 0 Å². The van der Waals surface area contributed by atoms with Crippen LogP contribution in [-0.2, 0) is 13.6 Å². The van der Waals surface area contributed by atoms with Gasteiger partial charge in [-0.3, -0.25) is 0 Å². The third kappa shape index (κ3) is 3.99. The molecule has 0 aliphatic rings. The van der Waals surface area contributed by atoms with Gasteiger partial charge in [0.15, 0.2) is 0 Å². The standard InChI is InChI=1S/C15H19BrClN3O/c1-9(2)18-8-12-10(3)19-20(4)15(12)21-14-7-11(16)5-6-13(14)17/h5-7,9,18H,8H2,1-4H3. The van der Waals surface area contributed by atoms with E-state index >= 15 is 0 Å². The molecule has 0 amide bonds. The van der Waals surface area contributed by atoms with Crippen LogP contribution in [-0.4, -0.2) is 15.8 Å². The third-order valence-corrected chi connectivity index (χ3v) is 3.88. The zero-order valence-electron chi connectivity index (χ0n) is 12.6. The third-order valence-electron chi connectivity index (χ3n) is 3.08. The van der Waals surface area contributed by atoms with Crippen molar-refractivity contribution in [2.24, 2.45) is 7.05 Å². The topological polar surface area (TPSA) is 39.1 Å². The van der Waals surface area contributed by atoms with E-state index in [1.54, 1.807) is 10.7 Å². The molecule has 21 heavy (non-hydrogen) atoms. The molecule has 2 rings (SSSR count). The maximum Gasteiger partial charge on any atom is 0.222 e. The summed E-state index contributed by atoms with van der Waals surface area (Å²) in [6.07, 6.45) is 0. The summed E-state index contributed by atoms with van der Waals surface area (Å²) in [7, 11) is 1.87. The Balaban J connectivity index is 2.32. The molecule has 4 nitrogen and oxygen atoms in total. The molecule has 0 spiro atoms. The predicted molar refractivity (Wildman–Crippen MR) is 89.1 cm³/mol. The van der Waals surface area contributed by atoms with Crippen LogP contribution in [0.5, 0.6) is 11.6 Å². The predicted octanol–water partition coefficient (Wildman–Crippen LogP) is 4.43. The Kier molecular flexibility index (Phi) is 5.30. The van der Waals surface area contributed by atoms with Crippen molar-refractivity contribution in [2.45, 2.75) is 33.4 Å². The van der Waals surface area contributed by atoms with Crippen molar-refractivity contribution in [3.63, 3.8) is 0 Å². The fourth-order valence-corrected chi connectivity index (χ4v) is 2.47. The lowest BCUT2D eigenvalue weighted by atomic mass is 10.2. The fourth-order valence-electron chi connectivity index (χ4n) is 1.98. The van der Waals surface area contributed by atoms with Gasteiger partial charge < -0.3 is 10.1 Å². The summed E-state index contributed by atoms with van der Waals surface area (Å²) in [6, 6.07) is 5.93. The number of ether oxygens (including phenoxy) is 1. The highest BCUT2D eigenvalue weighted by molar-refractivity contribution is 9.10. The molecular weight excluding hydrogens is 354 g/mol. The molecule has 0 saturated heterocycles. The fraction of sp³-hybridized carbons (Fsp3) is 0.400. The Morgan fingerprint density at radius 3 is 2.81 bits per heavy atom. The second kappa shape index (κ2) is 6.81. The second-order valence-electron chi connectivity index (χ2n) is 5.21. The van der Waals surface area contributed by atoms with Crippen molar-refractivity contribution in [1.29, 1.82) is 0 Å². The molecule has 0 bridgehead atoms. The quantitative estimate of drug-likeness (QED) is 0.843. The van der Waals surface area contributed by atoms with Crippen LogP contribution < -0.4 is 10.1 Å². The number of aryl methyl sites for hydroxylation is 2. The first-order valence-electron chi connectivity index (χ1n) is 6.77. The first-order valence-corrected chi connectivity index (χ1v) is 7.94. The molecule has 0 saturated carbocycles. The molecule has 2 aromatic rings. The average molecular weight is 373 g/mol. The monoisotopic (exact) mass is 371 g/mol. The van der Waals surface area contributed by atoms with Crippen LogP contribution in [0.4, 0.5) is 0 Å². The lowest BCUT2D eigenvalue weighted by molar-refractivity contribution is 0.422. The number of aromatic nitrogens is 2. The van der Waals surface area contributed by atoms with Crippen LogP contribution in [0.1, 0.15) is 25.1 Å². The van der Waals surface area contributed by atoms with Gasteiger partial charge in [-0.05, 0) is 25.1 Å². The smallest absolute Gasteiger partial charge is 0.222 e. The van der Waals surface area contributed by atoms with Crippen molar-refractivity contribution in [3.8, 4) is 11.6 Å². The summed E-state index contributed by atoms with van der Waals surface area (Å²) in [4.78, 5) is 0. The summed E-state index contributed by atoms with van der Waals surface area (Å²) in [6.45, 7) is 6.90. The van der Waals surface area contributed by atoms with Gasteiger partial charge in [0, 0.05) is 24.1 Å². The van der Waals surface area contributed by atoms with E-state index in [0.29, 0.717) is 29.2 Å². The van der Waals surface area contributed by atoms with E-state index in [4.69, 9.17) is 16.3 Å². The number of rotatable bonds is 5. The van der Waals surface area contributed by atoms with E-state index in [0.717, 1.165) is 15.7 Å². The molecular formula is C15H19BrClN3O. The van der Waals surface area contributed by atoms with Crippen LogP contribution in [0.25, 0.3) is 0 Å². The minimum absolute atomic E-state index is 0.395. The van der Waals surface area contributed by atoms with E-state index in [-0.39, 0.29) is 0 Å². The van der Waals surface area contributed by atoms with E-state index in [2.05, 4.69) is 40.2 Å². The number of nitrogens with one attached hydrogen (secondary N) is 1. The van der Waals surface area contributed by atoms with Crippen LogP contribution in [0.2, 0.25) is 5.02 Å². The number of nitrogens with zero attached hydrogens (tertiary/aromatic N) is 2. The lowest BCUT2D eigenvalue weighted by Crippen LogP contribution is -2.22. The van der Waals surface area contributed by atoms with Gasteiger partial charge in [0.05, 0.1) is 16.3 Å². The highest BCUT2D eigenvalue weighted by Crippen LogP contribution is 2.34. The van der Waals surface area contributed by atoms with Gasteiger partial charge in [0.2, 0.25) is 5.88 Å². The minimum atomic E-state index is 0.395. The maximum absolute atomic E-state index is 6.19. The zero-order chi connectivity index (χ0) is 15.6. The van der Waals surface area contributed by atoms with Crippen LogP contribution in [0.3, 0.4) is 0 Å². The summed E-state index contributed by atoms with van der Waals surface area (Å²) < 4.78 is 8.66. The van der Waals surface area contributed by atoms with Gasteiger partial charge in [-0.15, -0.1) is 0 Å². The Labute approximate surface area is 138 Å². The molecule has 1 aromatic heterocycles. The number of hydrogen-bond acceptors (Lipinski definition) is 3. The van der Waals surface area contributed by atoms with Gasteiger partial charge in [0.1, 0.15) is 5.75 Å². The molecule has 0 aliphatic carbocycles. The summed E-state index contributed by atoms with van der Waals surface area (Å²) in [5.41, 5.74) is 1.99. The first kappa shape index (κ1) is 16.3. The molecule has 1 aromatic carbocycles. The van der Waals surface area contributed by atoms with E-state index < -0.39 is 0 Å². The molecule has 0 unspecified atom stereocenters. The Bertz CT molecular complexity index is 640. The van der Waals surface area contributed by atoms with E-state index in [1.807, 2.05) is 26.1 Å². The van der Waals surface area contributed by atoms with Crippen molar-refractivity contribution in [2.75, 3.05) is 0 Å². The minimum Gasteiger partial charge on any atom is -0.437 e. The van der Waals surface area contributed by atoms with Gasteiger partial charge in [0.25, 0.3) is 0 Å². The van der Waals surface area contributed by atoms with Crippen molar-refractivity contribution >= 4 is 27.5 Å². The highest BCUT2D eigenvalue weighted by Gasteiger charge is 2.17. The van der Waals surface area contributed by atoms with Crippen LogP contribution in [0.15, 0.2) is 22.7 Å². The van der Waals surface area contributed by atoms with Gasteiger partial charge in [-0.2, -0.15) is 5.10 Å². The van der Waals surface area contributed by atoms with Crippen LogP contribution in [0, 0.1) is 6.92 Å². The van der Waals surface area contributed by atoms with Crippen LogP contribution >= 0.6 is 27.5 Å². The first-order chi connectivity index (χ1) is 9.88. The largest absolute Gasteiger partial charge is 0.437 e. The number of benzene rings is 1. The molecule has 0 aliphatic heterocycles. The van der Waals surface area contributed by atoms with Gasteiger partial charge >= 0.3 is 0 Å². The van der Waals surface area contributed by atoms with Crippen molar-refractivity contribution in [3.05, 3.63) is 39.0 Å². The van der Waals surface area contributed by atoms with Gasteiger partial charge in [-0.1, -0.05) is 41.4 Å². The molecule has 114 valence electrons. The normalized spacial score (nSPS) is 11.2. The molecule has 0 fully saturated rings. The summed E-state index contributed by atoms with van der Waals surface area (Å²) in [5, 5.41) is 8.40. The molecule has 0 atom stereocenters. The second-order valence-corrected chi connectivity index (χ2v) is 6.53. The Morgan fingerprint density at radius 2 is 2.14 bits per heavy atom. The molecule has 1 N–H and O–H groups in total. The number of hydrogen-bond donors (Lipinski definition) is 1. The Morgan fingerprint density at radius 1 is 1.43 bits per heavy atom. The van der Waals surface area contributed by atoms with Crippen molar-refractivity contribution < 1.29 is 4.74 Å². The summed E-state index contributed by atoms with van der Waals surface area (Å²) >= 11 is 9.62. The van der Waals surface area contributed by atoms with Crippen molar-refractivity contribution in [1.82, 2.24) is 15.1 Å². The average Bonchev–Trinajstić information content (AvgIpc) is 2.66. The zero-order valence-corrected chi connectivity index (χ0v) is 14.9. The Hall–Kier alpha value is -1.04. The SMILES string of the molecule is Cc1nn(C)c(Oc2cc(Br)ccc2Cl)c1CNC(C)C. The highest BCUT2D eigenvalue weighted by atomic mass is 79.9.